The van der Waals surface area contributed by atoms with Gasteiger partial charge in [0.15, 0.2) is 0 Å². The number of hydrogen-bond donors (Lipinski definition) is 1. The Hall–Kier alpha value is -1.48. The van der Waals surface area contributed by atoms with E-state index in [0.29, 0.717) is 11.1 Å². The van der Waals surface area contributed by atoms with Crippen molar-refractivity contribution in [2.75, 3.05) is 0 Å². The summed E-state index contributed by atoms with van der Waals surface area (Å²) >= 11 is 6.06. The molecule has 0 aliphatic carbocycles. The van der Waals surface area contributed by atoms with E-state index < -0.39 is 5.97 Å². The Morgan fingerprint density at radius 2 is 2.05 bits per heavy atom. The fraction of sp³-hybridized carbons (Fsp3) is 0.400. The van der Waals surface area contributed by atoms with Gasteiger partial charge in [0.05, 0.1) is 11.9 Å². The fourth-order valence-corrected chi connectivity index (χ4v) is 2.61. The van der Waals surface area contributed by atoms with Crippen molar-refractivity contribution >= 4 is 28.5 Å². The van der Waals surface area contributed by atoms with Gasteiger partial charge < -0.3 is 9.67 Å². The number of rotatable bonds is 4. The largest absolute Gasteiger partial charge is 0.481 e. The Morgan fingerprint density at radius 3 is 2.63 bits per heavy atom. The van der Waals surface area contributed by atoms with Crippen LogP contribution in [0.4, 0.5) is 0 Å². The van der Waals surface area contributed by atoms with E-state index >= 15 is 0 Å². The third-order valence-corrected chi connectivity index (χ3v) is 3.63. The van der Waals surface area contributed by atoms with E-state index in [9.17, 15) is 4.79 Å². The van der Waals surface area contributed by atoms with Crippen LogP contribution < -0.4 is 0 Å². The van der Waals surface area contributed by atoms with Crippen LogP contribution in [0.25, 0.3) is 10.9 Å². The lowest BCUT2D eigenvalue weighted by atomic mass is 9.97. The third kappa shape index (κ3) is 2.76. The number of hydrogen-bond acceptors (Lipinski definition) is 1. The van der Waals surface area contributed by atoms with Crippen molar-refractivity contribution in [1.29, 1.82) is 0 Å². The molecule has 4 heteroatoms. The zero-order valence-corrected chi connectivity index (χ0v) is 12.1. The zero-order valence-electron chi connectivity index (χ0n) is 11.4. The average molecular weight is 280 g/mol. The summed E-state index contributed by atoms with van der Waals surface area (Å²) in [6, 6.07) is 6.08. The van der Waals surface area contributed by atoms with Crippen molar-refractivity contribution in [2.45, 2.75) is 39.2 Å². The molecule has 1 N–H and O–H groups in total. The van der Waals surface area contributed by atoms with Gasteiger partial charge in [-0.25, -0.2) is 0 Å². The number of fused-ring (bicyclic) bond motifs is 1. The molecule has 0 aliphatic rings. The van der Waals surface area contributed by atoms with Gasteiger partial charge in [0, 0.05) is 22.6 Å². The molecule has 0 bridgehead atoms. The van der Waals surface area contributed by atoms with E-state index in [4.69, 9.17) is 16.7 Å². The van der Waals surface area contributed by atoms with E-state index in [1.807, 2.05) is 25.1 Å². The van der Waals surface area contributed by atoms with Gasteiger partial charge in [0.25, 0.3) is 0 Å². The van der Waals surface area contributed by atoms with Crippen molar-refractivity contribution in [3.05, 3.63) is 35.0 Å². The van der Waals surface area contributed by atoms with E-state index in [1.54, 1.807) is 0 Å². The number of aliphatic carboxylic acids is 1. The summed E-state index contributed by atoms with van der Waals surface area (Å²) in [5.41, 5.74) is 2.14. The Balaban J connectivity index is 2.59. The Labute approximate surface area is 117 Å². The van der Waals surface area contributed by atoms with Gasteiger partial charge in [-0.3, -0.25) is 4.79 Å². The van der Waals surface area contributed by atoms with Crippen LogP contribution in [0.3, 0.4) is 0 Å². The second-order valence-corrected chi connectivity index (χ2v) is 5.68. The number of benzene rings is 1. The summed E-state index contributed by atoms with van der Waals surface area (Å²) in [6.07, 6.45) is 2.19. The minimum absolute atomic E-state index is 0.0128. The highest BCUT2D eigenvalue weighted by Crippen LogP contribution is 2.33. The van der Waals surface area contributed by atoms with Crippen LogP contribution in [-0.4, -0.2) is 15.6 Å². The van der Waals surface area contributed by atoms with Gasteiger partial charge in [-0.15, -0.1) is 0 Å². The van der Waals surface area contributed by atoms with Crippen molar-refractivity contribution in [1.82, 2.24) is 4.57 Å². The van der Waals surface area contributed by atoms with Gasteiger partial charge in [0.1, 0.15) is 0 Å². The number of nitrogens with zero attached hydrogens (tertiary/aromatic N) is 1. The molecule has 0 saturated heterocycles. The molecule has 0 saturated carbocycles. The summed E-state index contributed by atoms with van der Waals surface area (Å²) in [7, 11) is 0. The molecule has 3 nitrogen and oxygen atoms in total. The van der Waals surface area contributed by atoms with Crippen molar-refractivity contribution < 1.29 is 9.90 Å². The Bertz CT molecular complexity index is 616. The van der Waals surface area contributed by atoms with Crippen LogP contribution in [0.2, 0.25) is 5.02 Å². The first kappa shape index (κ1) is 13.9. The van der Waals surface area contributed by atoms with Crippen LogP contribution in [0.15, 0.2) is 24.4 Å². The Morgan fingerprint density at radius 1 is 1.37 bits per heavy atom. The molecule has 102 valence electrons. The van der Waals surface area contributed by atoms with Crippen LogP contribution in [0.5, 0.6) is 0 Å². The van der Waals surface area contributed by atoms with Gasteiger partial charge in [-0.05, 0) is 37.5 Å². The van der Waals surface area contributed by atoms with E-state index in [2.05, 4.69) is 24.6 Å². The summed E-state index contributed by atoms with van der Waals surface area (Å²) in [5.74, 6) is -0.784. The van der Waals surface area contributed by atoms with Crippen LogP contribution in [-0.2, 0) is 4.79 Å². The molecular weight excluding hydrogens is 262 g/mol. The van der Waals surface area contributed by atoms with Crippen molar-refractivity contribution in [3.63, 3.8) is 0 Å². The molecule has 0 fully saturated rings. The summed E-state index contributed by atoms with van der Waals surface area (Å²) in [6.45, 7) is 6.15. The first-order valence-electron chi connectivity index (χ1n) is 6.42. The molecule has 1 atom stereocenters. The quantitative estimate of drug-likeness (QED) is 0.898. The molecule has 2 rings (SSSR count). The highest BCUT2D eigenvalue weighted by atomic mass is 35.5. The van der Waals surface area contributed by atoms with Crippen molar-refractivity contribution in [2.24, 2.45) is 0 Å². The number of carbonyl (C=O) groups is 1. The number of carboxylic acid groups (broad SMARTS) is 1. The predicted octanol–water partition coefficient (Wildman–Crippen LogP) is 4.45. The molecule has 0 spiro atoms. The monoisotopic (exact) mass is 279 g/mol. The first-order valence-corrected chi connectivity index (χ1v) is 6.79. The maximum atomic E-state index is 10.9. The van der Waals surface area contributed by atoms with Gasteiger partial charge in [0.2, 0.25) is 0 Å². The van der Waals surface area contributed by atoms with Crippen LogP contribution in [0.1, 0.15) is 44.7 Å². The standard InChI is InChI=1S/C15H18ClNO2/c1-9(2)17-8-13(10(3)6-15(18)19)12-5-4-11(16)7-14(12)17/h4-5,7-10H,6H2,1-3H3,(H,18,19). The third-order valence-electron chi connectivity index (χ3n) is 3.40. The molecule has 1 heterocycles. The minimum atomic E-state index is -0.771. The first-order chi connectivity index (χ1) is 8.90. The fourth-order valence-electron chi connectivity index (χ4n) is 2.44. The maximum absolute atomic E-state index is 10.9. The predicted molar refractivity (Wildman–Crippen MR) is 78.0 cm³/mol. The molecule has 1 aromatic carbocycles. The summed E-state index contributed by atoms with van der Waals surface area (Å²) < 4.78 is 2.15. The summed E-state index contributed by atoms with van der Waals surface area (Å²) in [4.78, 5) is 10.9. The highest BCUT2D eigenvalue weighted by Gasteiger charge is 2.17. The van der Waals surface area contributed by atoms with E-state index in [-0.39, 0.29) is 12.3 Å². The molecule has 1 unspecified atom stereocenters. The molecule has 1 aromatic heterocycles. The topological polar surface area (TPSA) is 42.2 Å². The second-order valence-electron chi connectivity index (χ2n) is 5.25. The smallest absolute Gasteiger partial charge is 0.303 e. The number of halogens is 1. The van der Waals surface area contributed by atoms with Gasteiger partial charge >= 0.3 is 5.97 Å². The summed E-state index contributed by atoms with van der Waals surface area (Å²) in [5, 5.41) is 10.7. The molecule has 19 heavy (non-hydrogen) atoms. The Kier molecular flexibility index (Phi) is 3.85. The van der Waals surface area contributed by atoms with E-state index in [1.165, 1.54) is 0 Å². The van der Waals surface area contributed by atoms with Crippen molar-refractivity contribution in [3.8, 4) is 0 Å². The molecule has 2 aromatic rings. The molecule has 0 aliphatic heterocycles. The lowest BCUT2D eigenvalue weighted by molar-refractivity contribution is -0.137. The van der Waals surface area contributed by atoms with Crippen LogP contribution in [0, 0.1) is 0 Å². The van der Waals surface area contributed by atoms with E-state index in [0.717, 1.165) is 16.5 Å². The second kappa shape index (κ2) is 5.25. The highest BCUT2D eigenvalue weighted by molar-refractivity contribution is 6.31. The van der Waals surface area contributed by atoms with Gasteiger partial charge in [-0.2, -0.15) is 0 Å². The number of aromatic nitrogens is 1. The minimum Gasteiger partial charge on any atom is -0.481 e. The lowest BCUT2D eigenvalue weighted by Gasteiger charge is -2.09. The number of carboxylic acids is 1. The normalized spacial score (nSPS) is 13.1. The van der Waals surface area contributed by atoms with Crippen LogP contribution >= 0.6 is 11.6 Å². The SMILES string of the molecule is CC(CC(=O)O)c1cn(C(C)C)c2cc(Cl)ccc12. The average Bonchev–Trinajstić information content (AvgIpc) is 2.66. The maximum Gasteiger partial charge on any atom is 0.303 e. The zero-order chi connectivity index (χ0) is 14.2. The molecule has 0 radical (unpaired) electrons. The molecule has 0 amide bonds. The molecular formula is C15H18ClNO2. The van der Waals surface area contributed by atoms with Gasteiger partial charge in [-0.1, -0.05) is 24.6 Å². The lowest BCUT2D eigenvalue weighted by Crippen LogP contribution is -2.02.